The quantitative estimate of drug-likeness (QED) is 0.796. The van der Waals surface area contributed by atoms with Crippen molar-refractivity contribution in [3.05, 3.63) is 50.4 Å². The first-order chi connectivity index (χ1) is 9.15. The smallest absolute Gasteiger partial charge is 0.128 e. The fourth-order valence-corrected chi connectivity index (χ4v) is 2.96. The van der Waals surface area contributed by atoms with Gasteiger partial charge in [-0.25, -0.2) is 4.39 Å². The molecule has 1 heterocycles. The first-order valence-electron chi connectivity index (χ1n) is 5.98. The first-order valence-corrected chi connectivity index (χ1v) is 7.65. The van der Waals surface area contributed by atoms with Crippen LogP contribution in [0.1, 0.15) is 10.4 Å². The van der Waals surface area contributed by atoms with E-state index in [0.29, 0.717) is 16.8 Å². The van der Waals surface area contributed by atoms with Gasteiger partial charge in [-0.3, -0.25) is 0 Å². The number of hydrogen-bond donors (Lipinski definition) is 1. The van der Waals surface area contributed by atoms with E-state index in [1.54, 1.807) is 17.4 Å². The van der Waals surface area contributed by atoms with E-state index >= 15 is 0 Å². The summed E-state index contributed by atoms with van der Waals surface area (Å²) in [6, 6.07) is 6.66. The molecular formula is C14H15BrFNOS. The molecule has 2 rings (SSSR count). The van der Waals surface area contributed by atoms with Gasteiger partial charge in [-0.2, -0.15) is 0 Å². The highest BCUT2D eigenvalue weighted by atomic mass is 79.9. The Balaban J connectivity index is 1.71. The molecule has 0 saturated carbocycles. The lowest BCUT2D eigenvalue weighted by Crippen LogP contribution is -2.20. The summed E-state index contributed by atoms with van der Waals surface area (Å²) in [4.78, 5) is 1.34. The van der Waals surface area contributed by atoms with Crippen LogP contribution >= 0.6 is 27.3 Å². The Labute approximate surface area is 124 Å². The topological polar surface area (TPSA) is 21.3 Å². The van der Waals surface area contributed by atoms with Crippen LogP contribution < -0.4 is 10.1 Å². The monoisotopic (exact) mass is 343 g/mol. The second-order valence-electron chi connectivity index (χ2n) is 4.16. The van der Waals surface area contributed by atoms with E-state index in [9.17, 15) is 4.39 Å². The minimum absolute atomic E-state index is 0.299. The minimum Gasteiger partial charge on any atom is -0.492 e. The lowest BCUT2D eigenvalue weighted by molar-refractivity contribution is 0.312. The molecule has 5 heteroatoms. The van der Waals surface area contributed by atoms with E-state index in [2.05, 4.69) is 39.6 Å². The average Bonchev–Trinajstić information content (AvgIpc) is 2.73. The molecule has 0 amide bonds. The number of thiophene rings is 1. The summed E-state index contributed by atoms with van der Waals surface area (Å²) in [5, 5.41) is 5.40. The SMILES string of the molecule is Cc1ccsc1CNCCOc1cc(F)cc(Br)c1. The Kier molecular flexibility index (Phi) is 5.36. The number of ether oxygens (including phenoxy) is 1. The lowest BCUT2D eigenvalue weighted by Gasteiger charge is -2.08. The van der Waals surface area contributed by atoms with Crippen molar-refractivity contribution in [2.75, 3.05) is 13.2 Å². The third kappa shape index (κ3) is 4.60. The van der Waals surface area contributed by atoms with E-state index in [-0.39, 0.29) is 5.82 Å². The number of nitrogens with one attached hydrogen (secondary N) is 1. The molecule has 19 heavy (non-hydrogen) atoms. The Morgan fingerprint density at radius 2 is 2.21 bits per heavy atom. The summed E-state index contributed by atoms with van der Waals surface area (Å²) < 4.78 is 19.3. The molecule has 0 bridgehead atoms. The van der Waals surface area contributed by atoms with Crippen LogP contribution in [-0.4, -0.2) is 13.2 Å². The molecule has 2 nitrogen and oxygen atoms in total. The molecule has 0 unspecified atom stereocenters. The van der Waals surface area contributed by atoms with Crippen molar-refractivity contribution in [2.24, 2.45) is 0 Å². The molecule has 2 aromatic rings. The third-order valence-corrected chi connectivity index (χ3v) is 4.12. The molecule has 0 fully saturated rings. The summed E-state index contributed by atoms with van der Waals surface area (Å²) in [6.07, 6.45) is 0. The maximum absolute atomic E-state index is 13.1. The highest BCUT2D eigenvalue weighted by Crippen LogP contribution is 2.20. The first kappa shape index (κ1) is 14.5. The van der Waals surface area contributed by atoms with Gasteiger partial charge >= 0.3 is 0 Å². The van der Waals surface area contributed by atoms with Crippen LogP contribution in [0.4, 0.5) is 4.39 Å². The predicted molar refractivity (Wildman–Crippen MR) is 80.4 cm³/mol. The molecule has 0 aliphatic carbocycles. The van der Waals surface area contributed by atoms with Crippen molar-refractivity contribution < 1.29 is 9.13 Å². The standard InChI is InChI=1S/C14H15BrFNOS/c1-10-2-5-19-14(10)9-17-3-4-18-13-7-11(15)6-12(16)8-13/h2,5-8,17H,3-4,9H2,1H3. The lowest BCUT2D eigenvalue weighted by atomic mass is 10.3. The minimum atomic E-state index is -0.299. The van der Waals surface area contributed by atoms with Gasteiger partial charge in [-0.15, -0.1) is 11.3 Å². The predicted octanol–water partition coefficient (Wildman–Crippen LogP) is 4.13. The summed E-state index contributed by atoms with van der Waals surface area (Å²) in [5.41, 5.74) is 1.31. The normalized spacial score (nSPS) is 10.7. The highest BCUT2D eigenvalue weighted by Gasteiger charge is 2.01. The van der Waals surface area contributed by atoms with Gasteiger partial charge in [-0.05, 0) is 36.1 Å². The Morgan fingerprint density at radius 1 is 1.37 bits per heavy atom. The van der Waals surface area contributed by atoms with Gasteiger partial charge in [0.25, 0.3) is 0 Å². The van der Waals surface area contributed by atoms with Crippen molar-refractivity contribution in [2.45, 2.75) is 13.5 Å². The van der Waals surface area contributed by atoms with Crippen LogP contribution in [-0.2, 0) is 6.54 Å². The maximum atomic E-state index is 13.1. The largest absolute Gasteiger partial charge is 0.492 e. The Hall–Kier alpha value is -0.910. The number of aryl methyl sites for hydroxylation is 1. The molecule has 0 aliphatic rings. The zero-order chi connectivity index (χ0) is 13.7. The molecule has 0 aliphatic heterocycles. The molecule has 1 aromatic heterocycles. The molecule has 0 radical (unpaired) electrons. The molecule has 1 N–H and O–H groups in total. The van der Waals surface area contributed by atoms with E-state index < -0.39 is 0 Å². The van der Waals surface area contributed by atoms with Crippen LogP contribution in [0.15, 0.2) is 34.1 Å². The third-order valence-electron chi connectivity index (χ3n) is 2.64. The zero-order valence-corrected chi connectivity index (χ0v) is 13.0. The number of hydrogen-bond acceptors (Lipinski definition) is 3. The van der Waals surface area contributed by atoms with Gasteiger partial charge in [0, 0.05) is 28.5 Å². The molecular weight excluding hydrogens is 329 g/mol. The van der Waals surface area contributed by atoms with Crippen LogP contribution in [0.5, 0.6) is 5.75 Å². The maximum Gasteiger partial charge on any atom is 0.128 e. The van der Waals surface area contributed by atoms with Crippen LogP contribution in [0.3, 0.4) is 0 Å². The van der Waals surface area contributed by atoms with E-state index in [1.807, 2.05) is 0 Å². The van der Waals surface area contributed by atoms with Gasteiger partial charge in [0.15, 0.2) is 0 Å². The van der Waals surface area contributed by atoms with Gasteiger partial charge in [0.1, 0.15) is 18.2 Å². The Morgan fingerprint density at radius 3 is 2.89 bits per heavy atom. The Bertz CT molecular complexity index is 524. The second-order valence-corrected chi connectivity index (χ2v) is 6.07. The van der Waals surface area contributed by atoms with Gasteiger partial charge in [0.2, 0.25) is 0 Å². The van der Waals surface area contributed by atoms with Gasteiger partial charge in [0.05, 0.1) is 0 Å². The van der Waals surface area contributed by atoms with Gasteiger partial charge < -0.3 is 10.1 Å². The molecule has 102 valence electrons. The summed E-state index contributed by atoms with van der Waals surface area (Å²) in [6.45, 7) is 4.19. The molecule has 1 aromatic carbocycles. The van der Waals surface area contributed by atoms with Crippen LogP contribution in [0.2, 0.25) is 0 Å². The number of halogens is 2. The van der Waals surface area contributed by atoms with Crippen molar-refractivity contribution in [3.8, 4) is 5.75 Å². The van der Waals surface area contributed by atoms with Crippen LogP contribution in [0, 0.1) is 12.7 Å². The number of benzene rings is 1. The second kappa shape index (κ2) is 7.03. The van der Waals surface area contributed by atoms with Gasteiger partial charge in [-0.1, -0.05) is 15.9 Å². The molecule has 0 saturated heterocycles. The van der Waals surface area contributed by atoms with E-state index in [1.165, 1.54) is 22.6 Å². The summed E-state index contributed by atoms with van der Waals surface area (Å²) in [5.74, 6) is 0.243. The molecule has 0 atom stereocenters. The highest BCUT2D eigenvalue weighted by molar-refractivity contribution is 9.10. The fraction of sp³-hybridized carbons (Fsp3) is 0.286. The van der Waals surface area contributed by atoms with Crippen molar-refractivity contribution in [1.29, 1.82) is 0 Å². The summed E-state index contributed by atoms with van der Waals surface area (Å²) in [7, 11) is 0. The zero-order valence-electron chi connectivity index (χ0n) is 10.6. The van der Waals surface area contributed by atoms with E-state index in [0.717, 1.165) is 13.1 Å². The van der Waals surface area contributed by atoms with E-state index in [4.69, 9.17) is 4.74 Å². The van der Waals surface area contributed by atoms with Crippen molar-refractivity contribution in [3.63, 3.8) is 0 Å². The average molecular weight is 344 g/mol. The fourth-order valence-electron chi connectivity index (χ4n) is 1.64. The van der Waals surface area contributed by atoms with Crippen molar-refractivity contribution in [1.82, 2.24) is 5.32 Å². The van der Waals surface area contributed by atoms with Crippen molar-refractivity contribution >= 4 is 27.3 Å². The number of rotatable bonds is 6. The summed E-state index contributed by atoms with van der Waals surface area (Å²) >= 11 is 4.98. The molecule has 0 spiro atoms. The van der Waals surface area contributed by atoms with Crippen LogP contribution in [0.25, 0.3) is 0 Å².